The Bertz CT molecular complexity index is 1490. The van der Waals surface area contributed by atoms with E-state index in [9.17, 15) is 0 Å². The fourth-order valence-corrected chi connectivity index (χ4v) is 5.17. The molecule has 152 valence electrons. The predicted octanol–water partition coefficient (Wildman–Crippen LogP) is 6.85. The van der Waals surface area contributed by atoms with Crippen molar-refractivity contribution < 1.29 is 8.98 Å². The summed E-state index contributed by atoms with van der Waals surface area (Å²) in [5.41, 5.74) is 12.2. The first-order valence-corrected chi connectivity index (χ1v) is 11.1. The average Bonchev–Trinajstić information content (AvgIpc) is 3.39. The van der Waals surface area contributed by atoms with Crippen molar-refractivity contribution >= 4 is 21.9 Å². The average molecular weight is 405 g/mol. The van der Waals surface area contributed by atoms with Crippen molar-refractivity contribution in [3.8, 4) is 22.4 Å². The quantitative estimate of drug-likeness (QED) is 0.294. The van der Waals surface area contributed by atoms with Crippen LogP contribution in [0.1, 0.15) is 28.7 Å². The second-order valence-electron chi connectivity index (χ2n) is 8.96. The Labute approximate surface area is 182 Å². The molecule has 2 nitrogen and oxygen atoms in total. The van der Waals surface area contributed by atoms with Crippen LogP contribution < -0.4 is 4.57 Å². The summed E-state index contributed by atoms with van der Waals surface area (Å²) < 4.78 is 8.89. The lowest BCUT2D eigenvalue weighted by Gasteiger charge is -2.06. The molecule has 0 saturated carbocycles. The van der Waals surface area contributed by atoms with Crippen LogP contribution in [0.25, 0.3) is 44.3 Å². The molecular weight excluding hydrogens is 378 g/mol. The minimum absolute atomic E-state index is 0.977. The Morgan fingerprint density at radius 1 is 0.806 bits per heavy atom. The fraction of sp³-hybridized carbons (Fsp3) is 0.207. The Hall–Kier alpha value is -3.39. The normalized spacial score (nSPS) is 13.3. The van der Waals surface area contributed by atoms with Gasteiger partial charge in [-0.3, -0.25) is 0 Å². The van der Waals surface area contributed by atoms with Gasteiger partial charge in [0.2, 0.25) is 5.69 Å². The molecule has 5 aromatic rings. The van der Waals surface area contributed by atoms with Crippen LogP contribution in [0.4, 0.5) is 0 Å². The summed E-state index contributed by atoms with van der Waals surface area (Å²) in [5, 5.41) is 2.37. The smallest absolute Gasteiger partial charge is 0.216 e. The predicted molar refractivity (Wildman–Crippen MR) is 127 cm³/mol. The molecule has 0 saturated heterocycles. The number of para-hydroxylation sites is 1. The molecule has 2 heteroatoms. The van der Waals surface area contributed by atoms with E-state index >= 15 is 0 Å². The molecule has 2 heterocycles. The molecule has 0 fully saturated rings. The summed E-state index contributed by atoms with van der Waals surface area (Å²) in [6.45, 7) is 4.31. The zero-order valence-electron chi connectivity index (χ0n) is 18.3. The van der Waals surface area contributed by atoms with Crippen LogP contribution >= 0.6 is 0 Å². The third-order valence-electron chi connectivity index (χ3n) is 6.85. The van der Waals surface area contributed by atoms with E-state index in [2.05, 4.69) is 92.3 Å². The first-order chi connectivity index (χ1) is 15.1. The summed E-state index contributed by atoms with van der Waals surface area (Å²) in [4.78, 5) is 0. The maximum Gasteiger partial charge on any atom is 0.216 e. The van der Waals surface area contributed by atoms with Gasteiger partial charge in [0.25, 0.3) is 0 Å². The summed E-state index contributed by atoms with van der Waals surface area (Å²) >= 11 is 0. The number of hydrogen-bond acceptors (Lipinski definition) is 1. The highest BCUT2D eigenvalue weighted by molar-refractivity contribution is 6.13. The summed E-state index contributed by atoms with van der Waals surface area (Å²) in [7, 11) is 2.10. The van der Waals surface area contributed by atoms with Gasteiger partial charge >= 0.3 is 0 Å². The number of nitrogens with zero attached hydrogens (tertiary/aromatic N) is 1. The van der Waals surface area contributed by atoms with Crippen LogP contribution in [-0.4, -0.2) is 0 Å². The largest absolute Gasteiger partial charge is 0.454 e. The van der Waals surface area contributed by atoms with Crippen molar-refractivity contribution in [2.24, 2.45) is 7.05 Å². The van der Waals surface area contributed by atoms with E-state index in [-0.39, 0.29) is 0 Å². The number of furan rings is 1. The van der Waals surface area contributed by atoms with Gasteiger partial charge in [-0.25, -0.2) is 4.57 Å². The first kappa shape index (κ1) is 18.4. The van der Waals surface area contributed by atoms with Gasteiger partial charge in [0.15, 0.2) is 6.20 Å². The number of fused-ring (bicyclic) bond motifs is 4. The summed E-state index contributed by atoms with van der Waals surface area (Å²) in [5.74, 6) is 0. The zero-order chi connectivity index (χ0) is 21.1. The lowest BCUT2D eigenvalue weighted by molar-refractivity contribution is -0.660. The van der Waals surface area contributed by atoms with Crippen molar-refractivity contribution in [3.05, 3.63) is 89.1 Å². The fourth-order valence-electron chi connectivity index (χ4n) is 5.17. The molecule has 0 unspecified atom stereocenters. The van der Waals surface area contributed by atoms with E-state index in [4.69, 9.17) is 4.42 Å². The maximum atomic E-state index is 6.71. The molecule has 0 spiro atoms. The molecule has 2 aromatic heterocycles. The highest BCUT2D eigenvalue weighted by Crippen LogP contribution is 2.41. The number of aryl methyl sites for hydroxylation is 5. The van der Waals surface area contributed by atoms with E-state index in [1.807, 2.05) is 0 Å². The molecule has 0 radical (unpaired) electrons. The SMILES string of the molecule is Cc1cc[n+](C)c(-c2c(C)ccc3c2oc2c(-c4ccc5c(c4)CCC5)cccc23)c1. The van der Waals surface area contributed by atoms with E-state index < -0.39 is 0 Å². The Kier molecular flexibility index (Phi) is 4.04. The van der Waals surface area contributed by atoms with Gasteiger partial charge in [-0.05, 0) is 60.9 Å². The van der Waals surface area contributed by atoms with Gasteiger partial charge in [0.05, 0.1) is 5.56 Å². The maximum absolute atomic E-state index is 6.71. The van der Waals surface area contributed by atoms with Gasteiger partial charge < -0.3 is 4.42 Å². The molecule has 3 aromatic carbocycles. The van der Waals surface area contributed by atoms with Crippen molar-refractivity contribution in [2.45, 2.75) is 33.1 Å². The van der Waals surface area contributed by atoms with Crippen molar-refractivity contribution in [3.63, 3.8) is 0 Å². The van der Waals surface area contributed by atoms with E-state index in [0.29, 0.717) is 0 Å². The zero-order valence-corrected chi connectivity index (χ0v) is 18.3. The van der Waals surface area contributed by atoms with E-state index in [1.165, 1.54) is 74.7 Å². The number of pyridine rings is 1. The Balaban J connectivity index is 1.65. The van der Waals surface area contributed by atoms with Crippen LogP contribution in [0.3, 0.4) is 0 Å². The van der Waals surface area contributed by atoms with Crippen LogP contribution in [-0.2, 0) is 19.9 Å². The molecule has 0 atom stereocenters. The van der Waals surface area contributed by atoms with Crippen LogP contribution in [0, 0.1) is 13.8 Å². The van der Waals surface area contributed by atoms with E-state index in [1.54, 1.807) is 0 Å². The number of rotatable bonds is 2. The molecule has 31 heavy (non-hydrogen) atoms. The van der Waals surface area contributed by atoms with Crippen molar-refractivity contribution in [1.82, 2.24) is 0 Å². The first-order valence-electron chi connectivity index (χ1n) is 11.1. The molecule has 0 N–H and O–H groups in total. The third kappa shape index (κ3) is 2.82. The van der Waals surface area contributed by atoms with Gasteiger partial charge in [0, 0.05) is 28.5 Å². The van der Waals surface area contributed by atoms with E-state index in [0.717, 1.165) is 11.2 Å². The van der Waals surface area contributed by atoms with Crippen LogP contribution in [0.5, 0.6) is 0 Å². The van der Waals surface area contributed by atoms with Gasteiger partial charge in [-0.1, -0.05) is 48.5 Å². The van der Waals surface area contributed by atoms with Gasteiger partial charge in [0.1, 0.15) is 18.2 Å². The highest BCUT2D eigenvalue weighted by Gasteiger charge is 2.22. The molecule has 0 amide bonds. The topological polar surface area (TPSA) is 17.0 Å². The second kappa shape index (κ2) is 6.81. The lowest BCUT2D eigenvalue weighted by Crippen LogP contribution is -2.30. The minimum atomic E-state index is 0.977. The summed E-state index contributed by atoms with van der Waals surface area (Å²) in [6, 6.07) is 22.3. The van der Waals surface area contributed by atoms with Crippen molar-refractivity contribution in [2.75, 3.05) is 0 Å². The number of hydrogen-bond donors (Lipinski definition) is 0. The molecule has 0 bridgehead atoms. The van der Waals surface area contributed by atoms with Gasteiger partial charge in [-0.15, -0.1) is 0 Å². The highest BCUT2D eigenvalue weighted by atomic mass is 16.3. The number of aromatic nitrogens is 1. The standard InChI is InChI=1S/C29H26NO/c1-18-14-15-30(3)26(16-18)27-19(2)10-13-25-24-9-5-8-23(28(24)31-29(25)27)22-12-11-20-6-4-7-21(20)17-22/h5,8-17H,4,6-7H2,1-3H3/q+1. The monoisotopic (exact) mass is 404 g/mol. The van der Waals surface area contributed by atoms with Crippen LogP contribution in [0.15, 0.2) is 71.3 Å². The van der Waals surface area contributed by atoms with Crippen LogP contribution in [0.2, 0.25) is 0 Å². The summed E-state index contributed by atoms with van der Waals surface area (Å²) in [6.07, 6.45) is 5.79. The molecule has 6 rings (SSSR count). The second-order valence-corrected chi connectivity index (χ2v) is 8.96. The Morgan fingerprint density at radius 3 is 2.55 bits per heavy atom. The molecule has 1 aliphatic carbocycles. The van der Waals surface area contributed by atoms with Gasteiger partial charge in [-0.2, -0.15) is 0 Å². The molecule has 1 aliphatic rings. The van der Waals surface area contributed by atoms with Crippen molar-refractivity contribution in [1.29, 1.82) is 0 Å². The third-order valence-corrected chi connectivity index (χ3v) is 6.85. The Morgan fingerprint density at radius 2 is 1.65 bits per heavy atom. The molecule has 0 aliphatic heterocycles. The lowest BCUT2D eigenvalue weighted by atomic mass is 9.97. The molecular formula is C29H26NO+. The minimum Gasteiger partial charge on any atom is -0.454 e. The number of benzene rings is 3.